The molecule has 1 N–H and O–H groups in total. The van der Waals surface area contributed by atoms with Crippen molar-refractivity contribution in [3.8, 4) is 0 Å². The van der Waals surface area contributed by atoms with Crippen LogP contribution in [0.3, 0.4) is 0 Å². The van der Waals surface area contributed by atoms with Gasteiger partial charge in [0.2, 0.25) is 0 Å². The lowest BCUT2D eigenvalue weighted by Gasteiger charge is -2.19. The number of rotatable bonds is 2. The van der Waals surface area contributed by atoms with Gasteiger partial charge in [0.25, 0.3) is 6.01 Å². The molecule has 13 heavy (non-hydrogen) atoms. The number of aromatic nitrogens is 1. The Bertz CT molecular complexity index is 266. The molecule has 0 aliphatic carbocycles. The van der Waals surface area contributed by atoms with Crippen LogP contribution in [0.1, 0.15) is 24.5 Å². The lowest BCUT2D eigenvalue weighted by molar-refractivity contribution is 0.0845. The molecule has 0 aromatic carbocycles. The van der Waals surface area contributed by atoms with E-state index in [0.29, 0.717) is 11.9 Å². The standard InChI is InChI=1S/C9H14N2O2/c1-10-9-11-8(6-13-9)7-2-4-12-5-3-7/h6-7H,2-5H2,1H3,(H,10,11). The molecule has 0 bridgehead atoms. The Morgan fingerprint density at radius 2 is 2.23 bits per heavy atom. The molecule has 1 fully saturated rings. The summed E-state index contributed by atoms with van der Waals surface area (Å²) in [5, 5.41) is 2.88. The fraction of sp³-hybridized carbons (Fsp3) is 0.667. The molecule has 72 valence electrons. The number of hydrogen-bond acceptors (Lipinski definition) is 4. The minimum Gasteiger partial charge on any atom is -0.432 e. The monoisotopic (exact) mass is 182 g/mol. The van der Waals surface area contributed by atoms with Crippen LogP contribution in [0.2, 0.25) is 0 Å². The van der Waals surface area contributed by atoms with Gasteiger partial charge in [-0.2, -0.15) is 4.98 Å². The van der Waals surface area contributed by atoms with Crippen LogP contribution in [0.4, 0.5) is 6.01 Å². The molecule has 4 heteroatoms. The van der Waals surface area contributed by atoms with Gasteiger partial charge >= 0.3 is 0 Å². The van der Waals surface area contributed by atoms with E-state index in [1.807, 2.05) is 0 Å². The first-order chi connectivity index (χ1) is 6.40. The minimum absolute atomic E-state index is 0.514. The van der Waals surface area contributed by atoms with Crippen molar-refractivity contribution in [2.75, 3.05) is 25.6 Å². The SMILES string of the molecule is CNc1nc(C2CCOCC2)co1. The summed E-state index contributed by atoms with van der Waals surface area (Å²) in [6.45, 7) is 1.68. The summed E-state index contributed by atoms with van der Waals surface area (Å²) in [5.74, 6) is 0.514. The number of anilines is 1. The van der Waals surface area contributed by atoms with E-state index in [2.05, 4.69) is 10.3 Å². The van der Waals surface area contributed by atoms with Crippen molar-refractivity contribution in [3.05, 3.63) is 12.0 Å². The third-order valence-corrected chi connectivity index (χ3v) is 2.38. The van der Waals surface area contributed by atoms with Gasteiger partial charge in [-0.1, -0.05) is 0 Å². The Kier molecular flexibility index (Phi) is 2.49. The molecule has 2 heterocycles. The van der Waals surface area contributed by atoms with Crippen molar-refractivity contribution in [2.45, 2.75) is 18.8 Å². The molecule has 1 aromatic heterocycles. The van der Waals surface area contributed by atoms with E-state index in [-0.39, 0.29) is 0 Å². The molecular weight excluding hydrogens is 168 g/mol. The van der Waals surface area contributed by atoms with Gasteiger partial charge in [0.05, 0.1) is 5.69 Å². The van der Waals surface area contributed by atoms with E-state index in [4.69, 9.17) is 9.15 Å². The number of nitrogens with zero attached hydrogens (tertiary/aromatic N) is 1. The van der Waals surface area contributed by atoms with Crippen molar-refractivity contribution < 1.29 is 9.15 Å². The van der Waals surface area contributed by atoms with Crippen molar-refractivity contribution in [2.24, 2.45) is 0 Å². The summed E-state index contributed by atoms with van der Waals surface area (Å²) >= 11 is 0. The van der Waals surface area contributed by atoms with Gasteiger partial charge in [0, 0.05) is 26.2 Å². The summed E-state index contributed by atoms with van der Waals surface area (Å²) in [6.07, 6.45) is 3.84. The van der Waals surface area contributed by atoms with Crippen LogP contribution in [0.25, 0.3) is 0 Å². The van der Waals surface area contributed by atoms with Gasteiger partial charge in [-0.25, -0.2) is 0 Å². The number of ether oxygens (including phenoxy) is 1. The van der Waals surface area contributed by atoms with E-state index in [0.717, 1.165) is 31.7 Å². The highest BCUT2D eigenvalue weighted by atomic mass is 16.5. The molecule has 1 aliphatic heterocycles. The summed E-state index contributed by atoms with van der Waals surface area (Å²) in [7, 11) is 1.81. The molecular formula is C9H14N2O2. The largest absolute Gasteiger partial charge is 0.432 e. The summed E-state index contributed by atoms with van der Waals surface area (Å²) in [5.41, 5.74) is 1.05. The number of oxazole rings is 1. The molecule has 0 unspecified atom stereocenters. The highest BCUT2D eigenvalue weighted by molar-refractivity contribution is 5.21. The average Bonchev–Trinajstić information content (AvgIpc) is 2.67. The van der Waals surface area contributed by atoms with E-state index in [1.165, 1.54) is 0 Å². The molecule has 1 aromatic rings. The lowest BCUT2D eigenvalue weighted by Crippen LogP contribution is -2.14. The van der Waals surface area contributed by atoms with Gasteiger partial charge in [0.15, 0.2) is 0 Å². The van der Waals surface area contributed by atoms with Crippen LogP contribution >= 0.6 is 0 Å². The Morgan fingerprint density at radius 3 is 2.85 bits per heavy atom. The lowest BCUT2D eigenvalue weighted by atomic mass is 9.97. The third kappa shape index (κ3) is 1.83. The Hall–Kier alpha value is -1.03. The molecule has 0 radical (unpaired) electrons. The minimum atomic E-state index is 0.514. The smallest absolute Gasteiger partial charge is 0.294 e. The highest BCUT2D eigenvalue weighted by Gasteiger charge is 2.19. The molecule has 0 atom stereocenters. The maximum atomic E-state index is 5.28. The second kappa shape index (κ2) is 3.79. The zero-order valence-electron chi connectivity index (χ0n) is 7.75. The van der Waals surface area contributed by atoms with E-state index >= 15 is 0 Å². The summed E-state index contributed by atoms with van der Waals surface area (Å²) < 4.78 is 10.5. The first kappa shape index (κ1) is 8.56. The third-order valence-electron chi connectivity index (χ3n) is 2.38. The maximum absolute atomic E-state index is 5.28. The quantitative estimate of drug-likeness (QED) is 0.754. The summed E-state index contributed by atoms with van der Waals surface area (Å²) in [4.78, 5) is 4.32. The van der Waals surface area contributed by atoms with Crippen LogP contribution in [0.5, 0.6) is 0 Å². The van der Waals surface area contributed by atoms with E-state index < -0.39 is 0 Å². The second-order valence-corrected chi connectivity index (χ2v) is 3.21. The zero-order valence-corrected chi connectivity index (χ0v) is 7.75. The van der Waals surface area contributed by atoms with Crippen molar-refractivity contribution in [1.82, 2.24) is 4.98 Å². The fourth-order valence-electron chi connectivity index (χ4n) is 1.58. The molecule has 0 spiro atoms. The molecule has 0 amide bonds. The van der Waals surface area contributed by atoms with Crippen LogP contribution < -0.4 is 5.32 Å². The molecule has 4 nitrogen and oxygen atoms in total. The molecule has 1 aliphatic rings. The van der Waals surface area contributed by atoms with Gasteiger partial charge in [-0.15, -0.1) is 0 Å². The maximum Gasteiger partial charge on any atom is 0.294 e. The van der Waals surface area contributed by atoms with Crippen molar-refractivity contribution in [3.63, 3.8) is 0 Å². The molecule has 0 saturated carbocycles. The number of hydrogen-bond donors (Lipinski definition) is 1. The predicted molar refractivity (Wildman–Crippen MR) is 48.8 cm³/mol. The van der Waals surface area contributed by atoms with Crippen LogP contribution in [0.15, 0.2) is 10.7 Å². The molecule has 2 rings (SSSR count). The van der Waals surface area contributed by atoms with E-state index in [9.17, 15) is 0 Å². The average molecular weight is 182 g/mol. The zero-order chi connectivity index (χ0) is 9.10. The first-order valence-electron chi connectivity index (χ1n) is 4.61. The Balaban J connectivity index is 2.05. The topological polar surface area (TPSA) is 47.3 Å². The highest BCUT2D eigenvalue weighted by Crippen LogP contribution is 2.26. The van der Waals surface area contributed by atoms with Crippen molar-refractivity contribution >= 4 is 6.01 Å². The Morgan fingerprint density at radius 1 is 1.46 bits per heavy atom. The van der Waals surface area contributed by atoms with Gasteiger partial charge in [-0.3, -0.25) is 0 Å². The van der Waals surface area contributed by atoms with Crippen molar-refractivity contribution in [1.29, 1.82) is 0 Å². The second-order valence-electron chi connectivity index (χ2n) is 3.21. The fourth-order valence-corrected chi connectivity index (χ4v) is 1.58. The normalized spacial score (nSPS) is 18.8. The van der Waals surface area contributed by atoms with Crippen LogP contribution in [-0.4, -0.2) is 25.2 Å². The van der Waals surface area contributed by atoms with Gasteiger partial charge < -0.3 is 14.5 Å². The first-order valence-corrected chi connectivity index (χ1v) is 4.61. The van der Waals surface area contributed by atoms with Crippen LogP contribution in [-0.2, 0) is 4.74 Å². The van der Waals surface area contributed by atoms with Gasteiger partial charge in [-0.05, 0) is 12.8 Å². The predicted octanol–water partition coefficient (Wildman–Crippen LogP) is 1.61. The van der Waals surface area contributed by atoms with Crippen LogP contribution in [0, 0.1) is 0 Å². The van der Waals surface area contributed by atoms with E-state index in [1.54, 1.807) is 13.3 Å². The number of nitrogens with one attached hydrogen (secondary N) is 1. The Labute approximate surface area is 77.3 Å². The molecule has 1 saturated heterocycles. The van der Waals surface area contributed by atoms with Gasteiger partial charge in [0.1, 0.15) is 6.26 Å². The summed E-state index contributed by atoms with van der Waals surface area (Å²) in [6, 6.07) is 0.599.